The van der Waals surface area contributed by atoms with Gasteiger partial charge in [-0.1, -0.05) is 60.7 Å². The number of nitrogens with one attached hydrogen (secondary N) is 2. The predicted molar refractivity (Wildman–Crippen MR) is 146 cm³/mol. The number of aryl methyl sites for hydroxylation is 2. The molecule has 0 aliphatic heterocycles. The van der Waals surface area contributed by atoms with E-state index in [0.717, 1.165) is 22.5 Å². The van der Waals surface area contributed by atoms with Crippen LogP contribution in [-0.4, -0.2) is 26.6 Å². The maximum atomic E-state index is 10.9. The normalized spacial score (nSPS) is 9.63. The second-order valence-corrected chi connectivity index (χ2v) is 7.88. The minimum Gasteiger partial charge on any atom is -0.375 e. The molecule has 0 spiro atoms. The second kappa shape index (κ2) is 15.0. The van der Waals surface area contributed by atoms with Crippen molar-refractivity contribution in [3.05, 3.63) is 128 Å². The van der Waals surface area contributed by atoms with Crippen molar-refractivity contribution in [3.63, 3.8) is 0 Å². The molecule has 4 aromatic rings. The number of rotatable bonds is 8. The first-order valence-electron chi connectivity index (χ1n) is 11.4. The van der Waals surface area contributed by atoms with Crippen LogP contribution in [0.4, 0.5) is 22.7 Å². The van der Waals surface area contributed by atoms with Crippen LogP contribution >= 0.6 is 0 Å². The molecule has 38 heavy (non-hydrogen) atoms. The van der Waals surface area contributed by atoms with Crippen molar-refractivity contribution < 1.29 is 14.6 Å². The summed E-state index contributed by atoms with van der Waals surface area (Å²) in [5.74, 6) is 0. The number of carbonyl (C=O) groups excluding carboxylic acids is 1. The van der Waals surface area contributed by atoms with E-state index in [2.05, 4.69) is 20.6 Å². The number of aromatic nitrogens is 2. The van der Waals surface area contributed by atoms with Crippen LogP contribution < -0.4 is 10.6 Å². The molecular weight excluding hydrogens is 488 g/mol. The van der Waals surface area contributed by atoms with Crippen LogP contribution in [0.5, 0.6) is 0 Å². The smallest absolute Gasteiger partial charge is 0.310 e. The second-order valence-electron chi connectivity index (χ2n) is 7.88. The Bertz CT molecular complexity index is 1230. The number of nitro groups is 2. The molecule has 11 heteroatoms. The minimum atomic E-state index is -0.431. The summed E-state index contributed by atoms with van der Waals surface area (Å²) in [5.41, 5.74) is 4.62. The average Bonchev–Trinajstić information content (AvgIpc) is 2.93. The van der Waals surface area contributed by atoms with E-state index in [1.165, 1.54) is 12.4 Å². The third-order valence-electron chi connectivity index (χ3n) is 5.08. The predicted octanol–water partition coefficient (Wildman–Crippen LogP) is 5.64. The third-order valence-corrected chi connectivity index (χ3v) is 5.08. The van der Waals surface area contributed by atoms with Crippen molar-refractivity contribution in [1.82, 2.24) is 9.97 Å². The van der Waals surface area contributed by atoms with Gasteiger partial charge < -0.3 is 15.4 Å². The molecular formula is C27H28N6O5. The highest BCUT2D eigenvalue weighted by Crippen LogP contribution is 2.25. The molecule has 0 amide bonds. The summed E-state index contributed by atoms with van der Waals surface area (Å²) >= 11 is 0. The van der Waals surface area contributed by atoms with E-state index >= 15 is 0 Å². The fourth-order valence-electron chi connectivity index (χ4n) is 3.27. The molecule has 0 radical (unpaired) electrons. The number of hydrogen-bond donors (Lipinski definition) is 2. The highest BCUT2D eigenvalue weighted by atomic mass is 16.6. The number of benzene rings is 2. The highest BCUT2D eigenvalue weighted by molar-refractivity contribution is 5.61. The molecule has 0 saturated heterocycles. The van der Waals surface area contributed by atoms with Gasteiger partial charge in [-0.25, -0.2) is 0 Å². The molecule has 0 atom stereocenters. The first kappa shape index (κ1) is 29.0. The van der Waals surface area contributed by atoms with Gasteiger partial charge in [0, 0.05) is 24.5 Å². The topological polar surface area (TPSA) is 153 Å². The van der Waals surface area contributed by atoms with E-state index in [1.807, 2.05) is 67.5 Å². The van der Waals surface area contributed by atoms with Gasteiger partial charge in [-0.15, -0.1) is 0 Å². The van der Waals surface area contributed by atoms with Gasteiger partial charge in [-0.05, 0) is 37.1 Å². The van der Waals surface area contributed by atoms with E-state index in [9.17, 15) is 20.2 Å². The Hall–Kier alpha value is -5.19. The van der Waals surface area contributed by atoms with Gasteiger partial charge in [0.2, 0.25) is 0 Å². The van der Waals surface area contributed by atoms with Crippen LogP contribution in [0.2, 0.25) is 0 Å². The Balaban J connectivity index is 0.000000251. The Morgan fingerprint density at radius 1 is 0.684 bits per heavy atom. The maximum Gasteiger partial charge on any atom is 0.310 e. The monoisotopic (exact) mass is 516 g/mol. The molecule has 0 bridgehead atoms. The van der Waals surface area contributed by atoms with Crippen molar-refractivity contribution >= 4 is 29.5 Å². The van der Waals surface area contributed by atoms with Gasteiger partial charge in [-0.2, -0.15) is 0 Å². The van der Waals surface area contributed by atoms with Crippen molar-refractivity contribution in [2.45, 2.75) is 26.9 Å². The molecule has 0 saturated carbocycles. The minimum absolute atomic E-state index is 0.00321. The summed E-state index contributed by atoms with van der Waals surface area (Å²) in [6.45, 7) is 6.70. The fourth-order valence-corrected chi connectivity index (χ4v) is 3.27. The van der Waals surface area contributed by atoms with Gasteiger partial charge in [0.1, 0.15) is 30.6 Å². The first-order chi connectivity index (χ1) is 18.3. The Morgan fingerprint density at radius 3 is 1.34 bits per heavy atom. The summed E-state index contributed by atoms with van der Waals surface area (Å²) in [7, 11) is 0. The quantitative estimate of drug-likeness (QED) is 0.224. The van der Waals surface area contributed by atoms with Crippen LogP contribution in [0.3, 0.4) is 0 Å². The fraction of sp³-hybridized carbons (Fsp3) is 0.148. The van der Waals surface area contributed by atoms with Crippen molar-refractivity contribution in [2.24, 2.45) is 0 Å². The lowest BCUT2D eigenvalue weighted by molar-refractivity contribution is -0.384. The van der Waals surface area contributed by atoms with E-state index in [0.29, 0.717) is 24.5 Å². The first-order valence-corrected chi connectivity index (χ1v) is 11.4. The lowest BCUT2D eigenvalue weighted by Crippen LogP contribution is -2.03. The van der Waals surface area contributed by atoms with Gasteiger partial charge in [0.05, 0.1) is 9.85 Å². The number of carbonyl (C=O) groups is 1. The van der Waals surface area contributed by atoms with Crippen LogP contribution in [0, 0.1) is 34.1 Å². The van der Waals surface area contributed by atoms with Gasteiger partial charge in [-0.3, -0.25) is 30.2 Å². The highest BCUT2D eigenvalue weighted by Gasteiger charge is 2.15. The van der Waals surface area contributed by atoms with Gasteiger partial charge in [0.25, 0.3) is 0 Å². The largest absolute Gasteiger partial charge is 0.375 e. The molecule has 2 aromatic heterocycles. The number of nitrogens with zero attached hydrogens (tertiary/aromatic N) is 4. The summed E-state index contributed by atoms with van der Waals surface area (Å²) in [4.78, 5) is 36.7. The van der Waals surface area contributed by atoms with Gasteiger partial charge >= 0.3 is 11.4 Å². The van der Waals surface area contributed by atoms with Crippen LogP contribution in [0.15, 0.2) is 85.2 Å². The average molecular weight is 517 g/mol. The summed E-state index contributed by atoms with van der Waals surface area (Å²) in [5, 5.41) is 27.9. The standard InChI is InChI=1S/2C13H13N3O2.CH2O/c2*1-10-7-12(13(9-14-10)16(17)18)15-8-11-5-3-2-4-6-11;1-2/h2*2-7,9H,8H2,1H3,(H,14,15);1H2. The summed E-state index contributed by atoms with van der Waals surface area (Å²) < 4.78 is 0. The number of hydrogen-bond acceptors (Lipinski definition) is 9. The SMILES string of the molecule is C=O.Cc1cc(NCc2ccccc2)c([N+](=O)[O-])cn1.Cc1cc(NCc2ccccc2)c([N+](=O)[O-])cn1. The third kappa shape index (κ3) is 9.11. The van der Waals surface area contributed by atoms with E-state index in [4.69, 9.17) is 4.79 Å². The Labute approximate surface area is 219 Å². The van der Waals surface area contributed by atoms with Crippen LogP contribution in [-0.2, 0) is 17.9 Å². The maximum absolute atomic E-state index is 10.9. The summed E-state index contributed by atoms with van der Waals surface area (Å²) in [6, 6.07) is 22.8. The van der Waals surface area contributed by atoms with E-state index in [-0.39, 0.29) is 11.4 Å². The van der Waals surface area contributed by atoms with Crippen molar-refractivity contribution in [2.75, 3.05) is 10.6 Å². The zero-order valence-electron chi connectivity index (χ0n) is 21.0. The molecule has 196 valence electrons. The molecule has 0 unspecified atom stereocenters. The van der Waals surface area contributed by atoms with Crippen LogP contribution in [0.1, 0.15) is 22.5 Å². The summed E-state index contributed by atoms with van der Waals surface area (Å²) in [6.07, 6.45) is 2.56. The lowest BCUT2D eigenvalue weighted by Gasteiger charge is -2.07. The number of pyridine rings is 2. The zero-order valence-corrected chi connectivity index (χ0v) is 21.0. The van der Waals surface area contributed by atoms with Crippen molar-refractivity contribution in [3.8, 4) is 0 Å². The number of anilines is 2. The Kier molecular flexibility index (Phi) is 11.5. The molecule has 2 N–H and O–H groups in total. The Morgan fingerprint density at radius 2 is 1.03 bits per heavy atom. The molecule has 11 nitrogen and oxygen atoms in total. The molecule has 2 aromatic carbocycles. The van der Waals surface area contributed by atoms with E-state index < -0.39 is 9.85 Å². The molecule has 2 heterocycles. The molecule has 0 fully saturated rings. The van der Waals surface area contributed by atoms with Gasteiger partial charge in [0.15, 0.2) is 0 Å². The molecule has 0 aliphatic carbocycles. The lowest BCUT2D eigenvalue weighted by atomic mass is 10.2. The molecule has 0 aliphatic rings. The zero-order chi connectivity index (χ0) is 27.9. The van der Waals surface area contributed by atoms with Crippen molar-refractivity contribution in [1.29, 1.82) is 0 Å². The molecule has 4 rings (SSSR count). The van der Waals surface area contributed by atoms with E-state index in [1.54, 1.807) is 26.0 Å². The van der Waals surface area contributed by atoms with Crippen LogP contribution in [0.25, 0.3) is 0 Å².